The Hall–Kier alpha value is -2.49. The van der Waals surface area contributed by atoms with E-state index in [0.717, 1.165) is 32.5 Å². The van der Waals surface area contributed by atoms with Crippen LogP contribution in [0.5, 0.6) is 0 Å². The molecule has 0 aliphatic carbocycles. The van der Waals surface area contributed by atoms with Crippen molar-refractivity contribution >= 4 is 11.6 Å². The maximum atomic E-state index is 12.4. The Kier molecular flexibility index (Phi) is 17.8. The van der Waals surface area contributed by atoms with Gasteiger partial charge in [0.25, 0.3) is 11.6 Å². The molecule has 33 heavy (non-hydrogen) atoms. The molecule has 1 saturated heterocycles. The summed E-state index contributed by atoms with van der Waals surface area (Å²) >= 11 is 0. The van der Waals surface area contributed by atoms with E-state index in [0.29, 0.717) is 23.8 Å². The highest BCUT2D eigenvalue weighted by Gasteiger charge is 2.24. The van der Waals surface area contributed by atoms with Crippen LogP contribution in [0.4, 0.5) is 5.69 Å². The lowest BCUT2D eigenvalue weighted by atomic mass is 10.0. The first kappa shape index (κ1) is 32.7. The Bertz CT molecular complexity index is 690. The van der Waals surface area contributed by atoms with Crippen molar-refractivity contribution in [3.05, 3.63) is 52.2 Å². The monoisotopic (exact) mass is 466 g/mol. The van der Waals surface area contributed by atoms with Gasteiger partial charge in [-0.3, -0.25) is 14.9 Å². The molecule has 1 atom stereocenters. The molecule has 9 heteroatoms. The number of carbonyl (C=O) groups is 1. The van der Waals surface area contributed by atoms with Crippen molar-refractivity contribution in [2.24, 2.45) is 11.5 Å². The molecular formula is C24H46N6O3. The zero-order valence-electron chi connectivity index (χ0n) is 21.6. The lowest BCUT2D eigenvalue weighted by Crippen LogP contribution is -2.47. The molecule has 1 aromatic rings. The number of nitrogens with zero attached hydrogens (tertiary/aromatic N) is 2. The zero-order valence-corrected chi connectivity index (χ0v) is 21.6. The van der Waals surface area contributed by atoms with E-state index in [-0.39, 0.29) is 17.1 Å². The van der Waals surface area contributed by atoms with Crippen molar-refractivity contribution in [1.82, 2.24) is 15.5 Å². The summed E-state index contributed by atoms with van der Waals surface area (Å²) in [5.41, 5.74) is 11.1. The first-order valence-corrected chi connectivity index (χ1v) is 11.7. The number of nitro benzene ring substituents is 1. The average Bonchev–Trinajstić information content (AvgIpc) is 2.82. The second kappa shape index (κ2) is 18.0. The number of likely N-dealkylation sites (N-methyl/N-ethyl adjacent to an activating group) is 2. The van der Waals surface area contributed by atoms with Gasteiger partial charge < -0.3 is 27.0 Å². The smallest absolute Gasteiger partial charge is 0.269 e. The van der Waals surface area contributed by atoms with Gasteiger partial charge in [0.05, 0.1) is 10.5 Å². The number of likely N-dealkylation sites (tertiary alicyclic amines) is 1. The van der Waals surface area contributed by atoms with Crippen molar-refractivity contribution in [2.45, 2.75) is 66.0 Å². The third-order valence-corrected chi connectivity index (χ3v) is 4.95. The van der Waals surface area contributed by atoms with Crippen LogP contribution in [0.3, 0.4) is 0 Å². The number of nitro groups is 1. The van der Waals surface area contributed by atoms with Crippen molar-refractivity contribution in [2.75, 3.05) is 33.2 Å². The first-order chi connectivity index (χ1) is 15.6. The minimum absolute atomic E-state index is 0.00530. The predicted octanol–water partition coefficient (Wildman–Crippen LogP) is 3.26. The summed E-state index contributed by atoms with van der Waals surface area (Å²) in [6.07, 6.45) is 2.06. The maximum absolute atomic E-state index is 12.4. The van der Waals surface area contributed by atoms with E-state index in [2.05, 4.69) is 29.9 Å². The van der Waals surface area contributed by atoms with Crippen molar-refractivity contribution < 1.29 is 9.72 Å². The quantitative estimate of drug-likeness (QED) is 0.357. The molecule has 190 valence electrons. The largest absolute Gasteiger partial charge is 0.401 e. The van der Waals surface area contributed by atoms with Crippen LogP contribution in [0, 0.1) is 10.1 Å². The molecule has 1 unspecified atom stereocenters. The Morgan fingerprint density at radius 3 is 2.15 bits per heavy atom. The lowest BCUT2D eigenvalue weighted by Gasteiger charge is -2.33. The number of non-ortho nitro benzene ring substituents is 1. The van der Waals surface area contributed by atoms with Crippen LogP contribution in [-0.4, -0.2) is 60.5 Å². The van der Waals surface area contributed by atoms with Crippen LogP contribution in [0.2, 0.25) is 0 Å². The molecule has 2 rings (SSSR count). The van der Waals surface area contributed by atoms with Crippen LogP contribution in [0.15, 0.2) is 36.5 Å². The summed E-state index contributed by atoms with van der Waals surface area (Å²) in [5, 5.41) is 17.2. The lowest BCUT2D eigenvalue weighted by molar-refractivity contribution is -0.384. The number of benzene rings is 1. The molecule has 0 bridgehead atoms. The van der Waals surface area contributed by atoms with Gasteiger partial charge in [-0.05, 0) is 59.0 Å². The number of carbonyl (C=O) groups excluding carboxylic acids is 1. The molecular weight excluding hydrogens is 420 g/mol. The highest BCUT2D eigenvalue weighted by molar-refractivity contribution is 5.94. The van der Waals surface area contributed by atoms with E-state index >= 15 is 0 Å². The normalized spacial score (nSPS) is 14.9. The minimum Gasteiger partial charge on any atom is -0.401 e. The Labute approximate surface area is 200 Å². The average molecular weight is 467 g/mol. The topological polar surface area (TPSA) is 140 Å². The molecule has 0 aromatic heterocycles. The van der Waals surface area contributed by atoms with Gasteiger partial charge >= 0.3 is 0 Å². The summed E-state index contributed by atoms with van der Waals surface area (Å²) in [5.74, 6) is -0.0532. The van der Waals surface area contributed by atoms with Crippen LogP contribution in [-0.2, 0) is 0 Å². The van der Waals surface area contributed by atoms with Crippen LogP contribution >= 0.6 is 0 Å². The minimum atomic E-state index is -0.462. The Balaban J connectivity index is 0. The molecule has 0 spiro atoms. The fraction of sp³-hybridized carbons (Fsp3) is 0.625. The third-order valence-electron chi connectivity index (χ3n) is 4.95. The summed E-state index contributed by atoms with van der Waals surface area (Å²) in [7, 11) is 1.50. The van der Waals surface area contributed by atoms with E-state index in [9.17, 15) is 14.9 Å². The maximum Gasteiger partial charge on any atom is 0.269 e. The Morgan fingerprint density at radius 1 is 1.21 bits per heavy atom. The number of amides is 1. The summed E-state index contributed by atoms with van der Waals surface area (Å²) in [6, 6.07) is 6.14. The van der Waals surface area contributed by atoms with Gasteiger partial charge in [-0.1, -0.05) is 34.3 Å². The highest BCUT2D eigenvalue weighted by Crippen LogP contribution is 2.17. The number of piperidine rings is 1. The summed E-state index contributed by atoms with van der Waals surface area (Å²) in [4.78, 5) is 24.3. The van der Waals surface area contributed by atoms with E-state index in [1.807, 2.05) is 39.5 Å². The fourth-order valence-electron chi connectivity index (χ4n) is 3.08. The molecule has 1 heterocycles. The van der Waals surface area contributed by atoms with Crippen LogP contribution < -0.4 is 22.1 Å². The van der Waals surface area contributed by atoms with Gasteiger partial charge in [-0.2, -0.15) is 0 Å². The van der Waals surface area contributed by atoms with Crippen LogP contribution in [0.1, 0.15) is 64.7 Å². The molecule has 1 aliphatic rings. The number of nitrogens with one attached hydrogen (secondary N) is 2. The van der Waals surface area contributed by atoms with Crippen molar-refractivity contribution in [1.29, 1.82) is 0 Å². The number of nitrogens with two attached hydrogens (primary N) is 2. The van der Waals surface area contributed by atoms with E-state index in [1.165, 1.54) is 31.3 Å². The highest BCUT2D eigenvalue weighted by atomic mass is 16.6. The summed E-state index contributed by atoms with van der Waals surface area (Å²) < 4.78 is 0. The van der Waals surface area contributed by atoms with Gasteiger partial charge in [-0.25, -0.2) is 0 Å². The van der Waals surface area contributed by atoms with Gasteiger partial charge in [-0.15, -0.1) is 0 Å². The molecule has 1 aromatic carbocycles. The van der Waals surface area contributed by atoms with E-state index in [4.69, 9.17) is 5.73 Å². The van der Waals surface area contributed by atoms with Gasteiger partial charge in [0.1, 0.15) is 0 Å². The standard InChI is InChI=1S/C14H19N3O3.C7H16N2.C2H6.CH5N/c1-2-15-12-4-3-9-16(10-12)14(18)11-5-7-13(8-6-11)17(19)20;1-5-9-7(3,4)6(2)8;2*1-2/h5-8,12,15H,2-4,9-10H2,1H3;9H,2,5,8H2,1,3-4H3;1-2H3;2H2,1H3. The fourth-order valence-corrected chi connectivity index (χ4v) is 3.08. The molecule has 1 aliphatic heterocycles. The first-order valence-electron chi connectivity index (χ1n) is 11.7. The molecule has 0 radical (unpaired) electrons. The Morgan fingerprint density at radius 2 is 1.76 bits per heavy atom. The SMILES string of the molecule is C=C(N)C(C)(C)NCC.CC.CCNC1CCCN(C(=O)c2ccc([N+](=O)[O-])cc2)C1.CN. The second-order valence-corrected chi connectivity index (χ2v) is 7.63. The number of hydrogen-bond acceptors (Lipinski definition) is 7. The van der Waals surface area contributed by atoms with Crippen molar-refractivity contribution in [3.8, 4) is 0 Å². The number of hydrogen-bond donors (Lipinski definition) is 4. The molecule has 9 nitrogen and oxygen atoms in total. The molecule has 1 fully saturated rings. The van der Waals surface area contributed by atoms with Gasteiger partial charge in [0.2, 0.25) is 0 Å². The number of rotatable bonds is 7. The second-order valence-electron chi connectivity index (χ2n) is 7.63. The van der Waals surface area contributed by atoms with Crippen LogP contribution in [0.25, 0.3) is 0 Å². The zero-order chi connectivity index (χ0) is 26.0. The third kappa shape index (κ3) is 12.4. The molecule has 6 N–H and O–H groups in total. The van der Waals surface area contributed by atoms with E-state index in [1.54, 1.807) is 0 Å². The van der Waals surface area contributed by atoms with Gasteiger partial charge in [0, 0.05) is 42.5 Å². The predicted molar refractivity (Wildman–Crippen MR) is 138 cm³/mol. The van der Waals surface area contributed by atoms with Crippen molar-refractivity contribution in [3.63, 3.8) is 0 Å². The molecule has 0 saturated carbocycles. The van der Waals surface area contributed by atoms with Gasteiger partial charge in [0.15, 0.2) is 0 Å². The summed E-state index contributed by atoms with van der Waals surface area (Å²) in [6.45, 7) is 19.0. The molecule has 1 amide bonds. The van der Waals surface area contributed by atoms with E-state index < -0.39 is 4.92 Å².